The molecule has 1 saturated carbocycles. The normalized spacial score (nSPS) is 15.4. The number of furan rings is 1. The number of nitrogens with zero attached hydrogens (tertiary/aromatic N) is 2. The summed E-state index contributed by atoms with van der Waals surface area (Å²) in [5.41, 5.74) is 6.08. The molecule has 0 unspecified atom stereocenters. The van der Waals surface area contributed by atoms with Gasteiger partial charge in [-0.3, -0.25) is 4.98 Å². The lowest BCUT2D eigenvalue weighted by atomic mass is 9.93. The smallest absolute Gasteiger partial charge is 0.227 e. The lowest BCUT2D eigenvalue weighted by molar-refractivity contribution is 0.651. The molecular weight excluding hydrogens is 308 g/mol. The molecule has 3 heterocycles. The number of benzene rings is 1. The van der Waals surface area contributed by atoms with Crippen LogP contribution in [0.5, 0.6) is 0 Å². The maximum Gasteiger partial charge on any atom is 0.227 e. The van der Waals surface area contributed by atoms with Gasteiger partial charge in [0, 0.05) is 22.8 Å². The zero-order chi connectivity index (χ0) is 16.8. The minimum atomic E-state index is 0.628. The summed E-state index contributed by atoms with van der Waals surface area (Å²) in [5, 5.41) is 2.36. The Hall–Kier alpha value is -2.68. The van der Waals surface area contributed by atoms with Gasteiger partial charge in [0.15, 0.2) is 0 Å². The highest BCUT2D eigenvalue weighted by Gasteiger charge is 2.24. The van der Waals surface area contributed by atoms with E-state index in [-0.39, 0.29) is 0 Å². The molecule has 124 valence electrons. The topological polar surface area (TPSA) is 38.9 Å². The molecule has 0 amide bonds. The second kappa shape index (κ2) is 5.69. The molecule has 0 radical (unpaired) electrons. The molecule has 0 atom stereocenters. The number of pyridine rings is 2. The van der Waals surface area contributed by atoms with E-state index in [0.717, 1.165) is 33.6 Å². The van der Waals surface area contributed by atoms with Crippen molar-refractivity contribution in [2.45, 2.75) is 38.5 Å². The zero-order valence-corrected chi connectivity index (χ0v) is 14.3. The van der Waals surface area contributed by atoms with Gasteiger partial charge in [-0.05, 0) is 55.5 Å². The number of fused-ring (bicyclic) bond motifs is 3. The minimum Gasteiger partial charge on any atom is -0.437 e. The van der Waals surface area contributed by atoms with Gasteiger partial charge < -0.3 is 4.42 Å². The molecule has 0 saturated heterocycles. The molecule has 5 rings (SSSR count). The first-order valence-electron chi connectivity index (χ1n) is 9.05. The molecule has 0 aliphatic heterocycles. The lowest BCUT2D eigenvalue weighted by Gasteiger charge is -2.11. The van der Waals surface area contributed by atoms with E-state index in [2.05, 4.69) is 36.2 Å². The van der Waals surface area contributed by atoms with Crippen LogP contribution >= 0.6 is 0 Å². The average molecular weight is 328 g/mol. The van der Waals surface area contributed by atoms with Crippen LogP contribution in [0.1, 0.15) is 42.9 Å². The number of rotatable bonds is 2. The second-order valence-electron chi connectivity index (χ2n) is 7.01. The average Bonchev–Trinajstić information content (AvgIpc) is 3.29. The van der Waals surface area contributed by atoms with Crippen LogP contribution in [0.3, 0.4) is 0 Å². The van der Waals surface area contributed by atoms with Crippen molar-refractivity contribution in [1.82, 2.24) is 9.97 Å². The Morgan fingerprint density at radius 3 is 2.72 bits per heavy atom. The first-order chi connectivity index (χ1) is 12.3. The molecule has 0 spiro atoms. The monoisotopic (exact) mass is 328 g/mol. The Labute approximate surface area is 146 Å². The summed E-state index contributed by atoms with van der Waals surface area (Å²) < 4.78 is 6.27. The van der Waals surface area contributed by atoms with E-state index >= 15 is 0 Å². The maximum atomic E-state index is 6.27. The summed E-state index contributed by atoms with van der Waals surface area (Å²) in [4.78, 5) is 9.20. The Bertz CT molecular complexity index is 1060. The van der Waals surface area contributed by atoms with Crippen molar-refractivity contribution in [3.8, 4) is 11.3 Å². The van der Waals surface area contributed by atoms with Crippen molar-refractivity contribution >= 4 is 22.1 Å². The SMILES string of the molecule is Cc1cc(C2CCCC2)c2c(n1)oc1c(-c3ccccn3)cccc12. The highest BCUT2D eigenvalue weighted by molar-refractivity contribution is 6.09. The number of hydrogen-bond acceptors (Lipinski definition) is 3. The van der Waals surface area contributed by atoms with Gasteiger partial charge in [-0.25, -0.2) is 4.98 Å². The van der Waals surface area contributed by atoms with Crippen molar-refractivity contribution in [2.24, 2.45) is 0 Å². The van der Waals surface area contributed by atoms with Gasteiger partial charge in [-0.1, -0.05) is 31.0 Å². The molecule has 1 aliphatic carbocycles. The van der Waals surface area contributed by atoms with Gasteiger partial charge in [0.25, 0.3) is 0 Å². The minimum absolute atomic E-state index is 0.628. The number of aromatic nitrogens is 2. The Balaban J connectivity index is 1.84. The third-order valence-corrected chi connectivity index (χ3v) is 5.36. The van der Waals surface area contributed by atoms with Crippen molar-refractivity contribution in [3.05, 3.63) is 59.9 Å². The molecule has 4 aromatic rings. The summed E-state index contributed by atoms with van der Waals surface area (Å²) in [5.74, 6) is 0.628. The fourth-order valence-electron chi connectivity index (χ4n) is 4.24. The van der Waals surface area contributed by atoms with Crippen molar-refractivity contribution in [1.29, 1.82) is 0 Å². The van der Waals surface area contributed by atoms with E-state index in [4.69, 9.17) is 9.40 Å². The van der Waals surface area contributed by atoms with Crippen LogP contribution in [0.2, 0.25) is 0 Å². The molecule has 0 bridgehead atoms. The second-order valence-corrected chi connectivity index (χ2v) is 7.01. The van der Waals surface area contributed by atoms with Gasteiger partial charge in [-0.15, -0.1) is 0 Å². The van der Waals surface area contributed by atoms with E-state index in [1.807, 2.05) is 24.4 Å². The van der Waals surface area contributed by atoms with E-state index < -0.39 is 0 Å². The van der Waals surface area contributed by atoms with Crippen molar-refractivity contribution < 1.29 is 4.42 Å². The molecular formula is C22H20N2O. The number of hydrogen-bond donors (Lipinski definition) is 0. The first-order valence-corrected chi connectivity index (χ1v) is 9.05. The lowest BCUT2D eigenvalue weighted by Crippen LogP contribution is -1.96. The van der Waals surface area contributed by atoms with Gasteiger partial charge >= 0.3 is 0 Å². The van der Waals surface area contributed by atoms with Crippen LogP contribution in [-0.2, 0) is 0 Å². The third-order valence-electron chi connectivity index (χ3n) is 5.36. The van der Waals surface area contributed by atoms with Crippen LogP contribution in [0.15, 0.2) is 53.1 Å². The highest BCUT2D eigenvalue weighted by atomic mass is 16.3. The molecule has 3 aromatic heterocycles. The number of para-hydroxylation sites is 1. The summed E-state index contributed by atoms with van der Waals surface area (Å²) in [6, 6.07) is 14.6. The van der Waals surface area contributed by atoms with Gasteiger partial charge in [0.2, 0.25) is 5.71 Å². The molecule has 1 aromatic carbocycles. The van der Waals surface area contributed by atoms with E-state index in [9.17, 15) is 0 Å². The predicted octanol–water partition coefficient (Wildman–Crippen LogP) is 6.01. The van der Waals surface area contributed by atoms with Crippen molar-refractivity contribution in [3.63, 3.8) is 0 Å². The fourth-order valence-corrected chi connectivity index (χ4v) is 4.24. The van der Waals surface area contributed by atoms with Crippen LogP contribution in [0.4, 0.5) is 0 Å². The Morgan fingerprint density at radius 2 is 1.92 bits per heavy atom. The largest absolute Gasteiger partial charge is 0.437 e. The predicted molar refractivity (Wildman–Crippen MR) is 101 cm³/mol. The van der Waals surface area contributed by atoms with Crippen molar-refractivity contribution in [2.75, 3.05) is 0 Å². The molecule has 1 fully saturated rings. The van der Waals surface area contributed by atoms with Gasteiger partial charge in [-0.2, -0.15) is 0 Å². The Kier molecular flexibility index (Phi) is 3.34. The molecule has 3 nitrogen and oxygen atoms in total. The summed E-state index contributed by atoms with van der Waals surface area (Å²) in [7, 11) is 0. The molecule has 3 heteroatoms. The third kappa shape index (κ3) is 2.34. The molecule has 0 N–H and O–H groups in total. The summed E-state index contributed by atoms with van der Waals surface area (Å²) in [6.45, 7) is 2.06. The zero-order valence-electron chi connectivity index (χ0n) is 14.3. The standard InChI is InChI=1S/C22H20N2O/c1-14-13-18(15-7-2-3-8-15)20-17-10-6-9-16(19-11-4-5-12-23-19)21(17)25-22(20)24-14/h4-6,9-13,15H,2-3,7-8H2,1H3. The molecule has 1 aliphatic rings. The van der Waals surface area contributed by atoms with Crippen LogP contribution in [0, 0.1) is 6.92 Å². The van der Waals surface area contributed by atoms with Gasteiger partial charge in [0.05, 0.1) is 11.1 Å². The van der Waals surface area contributed by atoms with E-state index in [0.29, 0.717) is 5.92 Å². The van der Waals surface area contributed by atoms with Gasteiger partial charge in [0.1, 0.15) is 5.58 Å². The Morgan fingerprint density at radius 1 is 1.04 bits per heavy atom. The van der Waals surface area contributed by atoms with Crippen LogP contribution < -0.4 is 0 Å². The van der Waals surface area contributed by atoms with Crippen LogP contribution in [-0.4, -0.2) is 9.97 Å². The van der Waals surface area contributed by atoms with Crippen LogP contribution in [0.25, 0.3) is 33.3 Å². The first kappa shape index (κ1) is 14.6. The highest BCUT2D eigenvalue weighted by Crippen LogP contribution is 2.42. The number of aryl methyl sites for hydroxylation is 1. The molecule has 25 heavy (non-hydrogen) atoms. The van der Waals surface area contributed by atoms with E-state index in [1.54, 1.807) is 0 Å². The summed E-state index contributed by atoms with van der Waals surface area (Å²) in [6.07, 6.45) is 7.00. The summed E-state index contributed by atoms with van der Waals surface area (Å²) >= 11 is 0. The maximum absolute atomic E-state index is 6.27. The quantitative estimate of drug-likeness (QED) is 0.452. The fraction of sp³-hybridized carbons (Fsp3) is 0.273. The van der Waals surface area contributed by atoms with E-state index in [1.165, 1.54) is 36.6 Å².